The Morgan fingerprint density at radius 1 is 0.778 bits per heavy atom. The van der Waals surface area contributed by atoms with Gasteiger partial charge < -0.3 is 79.4 Å². The van der Waals surface area contributed by atoms with E-state index in [2.05, 4.69) is 9.05 Å². The third-order valence-electron chi connectivity index (χ3n) is 5.88. The van der Waals surface area contributed by atoms with E-state index < -0.39 is 114 Å². The fraction of sp³-hybridized carbons (Fsp3) is 1.00. The van der Waals surface area contributed by atoms with Gasteiger partial charge in [-0.2, -0.15) is 0 Å². The minimum atomic E-state index is -5.33. The number of ether oxygens (including phenoxy) is 4. The monoisotopic (exact) mass is 553 g/mol. The summed E-state index contributed by atoms with van der Waals surface area (Å²) in [5.41, 5.74) is 0. The van der Waals surface area contributed by atoms with Gasteiger partial charge in [0.15, 0.2) is 18.9 Å². The fourth-order valence-electron chi connectivity index (χ4n) is 3.74. The minimum Gasteiger partial charge on any atom is -0.756 e. The molecule has 3 aliphatic rings. The molecule has 0 saturated carbocycles. The van der Waals surface area contributed by atoms with Gasteiger partial charge in [0.2, 0.25) is 0 Å². The maximum Gasteiger partial charge on any atom is 0.270 e. The summed E-state index contributed by atoms with van der Waals surface area (Å²) < 4.78 is 41.4. The zero-order valence-electron chi connectivity index (χ0n) is 18.4. The quantitative estimate of drug-likeness (QED) is 0.125. The summed E-state index contributed by atoms with van der Waals surface area (Å²) in [6.45, 7) is -2.39. The first-order valence-corrected chi connectivity index (χ1v) is 12.2. The standard InChI is InChI=1S/C17H31O18P/c18-1-5-9(22)14(13(26)15(27)32-5)34-17-12(25)10(23)8(21)6(33-17)3-31-36(28,29)35-16-11(24)7(20)4(19)2-30-16/h4-27H,1-3H2,(H,28,29)/p-1/t4-,5-,6-,7+,8-,9-,10+,11-,12+,13+,14+,15+,16-,17-/m1/s1. The molecule has 18 nitrogen and oxygen atoms in total. The molecule has 15 atom stereocenters. The summed E-state index contributed by atoms with van der Waals surface area (Å²) in [5, 5.41) is 98.6. The molecule has 3 rings (SSSR count). The Labute approximate surface area is 203 Å². The lowest BCUT2D eigenvalue weighted by Crippen LogP contribution is -2.64. The Balaban J connectivity index is 1.63. The molecule has 0 amide bonds. The molecule has 0 bridgehead atoms. The van der Waals surface area contributed by atoms with Gasteiger partial charge in [0.05, 0.1) is 19.8 Å². The van der Waals surface area contributed by atoms with Crippen LogP contribution in [0.1, 0.15) is 0 Å². The molecule has 19 heteroatoms. The first-order chi connectivity index (χ1) is 16.8. The van der Waals surface area contributed by atoms with E-state index in [-0.39, 0.29) is 0 Å². The molecule has 3 heterocycles. The second-order valence-electron chi connectivity index (χ2n) is 8.44. The van der Waals surface area contributed by atoms with E-state index in [0.29, 0.717) is 0 Å². The van der Waals surface area contributed by atoms with Gasteiger partial charge in [0.1, 0.15) is 67.1 Å². The SMILES string of the molecule is O=P([O-])(OC[C@H]1O[C@H](O[C@@H]2[C@H](O)[C@@H](O)O[C@H](CO)[C@H]2O)[C@@H](O)[C@@H](O)[C@@H]1O)O[C@H]1OC[C@@H](O)[C@H](O)[C@H]1O. The highest BCUT2D eigenvalue weighted by molar-refractivity contribution is 7.45. The average molecular weight is 553 g/mol. The van der Waals surface area contributed by atoms with Crippen LogP contribution >= 0.6 is 7.82 Å². The number of phosphoric ester groups is 1. The summed E-state index contributed by atoms with van der Waals surface area (Å²) in [5.74, 6) is 0. The van der Waals surface area contributed by atoms with Gasteiger partial charge in [-0.05, 0) is 0 Å². The number of hydrogen-bond acceptors (Lipinski definition) is 18. The third kappa shape index (κ3) is 6.57. The van der Waals surface area contributed by atoms with Crippen molar-refractivity contribution in [3.8, 4) is 0 Å². The average Bonchev–Trinajstić information content (AvgIpc) is 2.83. The first kappa shape index (κ1) is 30.1. The van der Waals surface area contributed by atoms with Gasteiger partial charge in [-0.15, -0.1) is 0 Å². The number of aliphatic hydroxyl groups excluding tert-OH is 10. The summed E-state index contributed by atoms with van der Waals surface area (Å²) in [4.78, 5) is 12.2. The van der Waals surface area contributed by atoms with Crippen LogP contribution < -0.4 is 4.89 Å². The molecule has 3 saturated heterocycles. The molecule has 0 aromatic rings. The Morgan fingerprint density at radius 3 is 2.06 bits per heavy atom. The lowest BCUT2D eigenvalue weighted by atomic mass is 9.97. The van der Waals surface area contributed by atoms with E-state index in [1.807, 2.05) is 0 Å². The van der Waals surface area contributed by atoms with E-state index in [1.165, 1.54) is 0 Å². The summed E-state index contributed by atoms with van der Waals surface area (Å²) in [7, 11) is -5.33. The predicted octanol–water partition coefficient (Wildman–Crippen LogP) is -7.45. The zero-order chi connectivity index (χ0) is 26.9. The molecule has 0 spiro atoms. The summed E-state index contributed by atoms with van der Waals surface area (Å²) >= 11 is 0. The van der Waals surface area contributed by atoms with Crippen molar-refractivity contribution < 1.29 is 88.5 Å². The van der Waals surface area contributed by atoms with Crippen LogP contribution in [-0.2, 0) is 32.6 Å². The van der Waals surface area contributed by atoms with Crippen LogP contribution in [0.4, 0.5) is 0 Å². The van der Waals surface area contributed by atoms with E-state index >= 15 is 0 Å². The highest BCUT2D eigenvalue weighted by Crippen LogP contribution is 2.42. The lowest BCUT2D eigenvalue weighted by Gasteiger charge is -2.45. The van der Waals surface area contributed by atoms with Crippen molar-refractivity contribution >= 4 is 7.82 Å². The zero-order valence-corrected chi connectivity index (χ0v) is 19.3. The highest BCUT2D eigenvalue weighted by atomic mass is 31.2. The largest absolute Gasteiger partial charge is 0.756 e. The molecule has 3 fully saturated rings. The molecule has 0 aliphatic carbocycles. The highest BCUT2D eigenvalue weighted by Gasteiger charge is 2.50. The van der Waals surface area contributed by atoms with Crippen molar-refractivity contribution in [1.82, 2.24) is 0 Å². The van der Waals surface area contributed by atoms with Crippen molar-refractivity contribution in [2.45, 2.75) is 86.0 Å². The van der Waals surface area contributed by atoms with Crippen LogP contribution in [0.15, 0.2) is 0 Å². The third-order valence-corrected chi connectivity index (χ3v) is 6.82. The maximum atomic E-state index is 12.2. The molecule has 0 radical (unpaired) electrons. The first-order valence-electron chi connectivity index (χ1n) is 10.7. The van der Waals surface area contributed by atoms with E-state index in [0.717, 1.165) is 0 Å². The Hall–Kier alpha value is -0.450. The van der Waals surface area contributed by atoms with Crippen LogP contribution in [0, 0.1) is 0 Å². The number of phosphoric acid groups is 1. The Bertz CT molecular complexity index is 759. The maximum absolute atomic E-state index is 12.2. The molecule has 10 N–H and O–H groups in total. The van der Waals surface area contributed by atoms with Gasteiger partial charge in [0.25, 0.3) is 7.82 Å². The number of aliphatic hydroxyl groups is 10. The number of rotatable bonds is 8. The van der Waals surface area contributed by atoms with Gasteiger partial charge in [-0.25, -0.2) is 0 Å². The van der Waals surface area contributed by atoms with Crippen molar-refractivity contribution in [1.29, 1.82) is 0 Å². The topological polar surface area (TPSA) is 298 Å². The lowest BCUT2D eigenvalue weighted by molar-refractivity contribution is -0.356. The minimum absolute atomic E-state index is 0.563. The summed E-state index contributed by atoms with van der Waals surface area (Å²) in [6, 6.07) is 0. The van der Waals surface area contributed by atoms with E-state index in [4.69, 9.17) is 18.9 Å². The predicted molar refractivity (Wildman–Crippen MR) is 104 cm³/mol. The summed E-state index contributed by atoms with van der Waals surface area (Å²) in [6.07, 6.45) is -25.4. The van der Waals surface area contributed by atoms with Gasteiger partial charge in [-0.1, -0.05) is 0 Å². The van der Waals surface area contributed by atoms with Gasteiger partial charge >= 0.3 is 0 Å². The molecular weight excluding hydrogens is 523 g/mol. The molecule has 36 heavy (non-hydrogen) atoms. The van der Waals surface area contributed by atoms with Crippen LogP contribution in [0.2, 0.25) is 0 Å². The van der Waals surface area contributed by atoms with Crippen LogP contribution in [0.3, 0.4) is 0 Å². The second-order valence-corrected chi connectivity index (χ2v) is 9.81. The van der Waals surface area contributed by atoms with E-state index in [9.17, 15) is 60.5 Å². The second kappa shape index (κ2) is 12.2. The molecule has 1 unspecified atom stereocenters. The molecule has 212 valence electrons. The van der Waals surface area contributed by atoms with E-state index in [1.54, 1.807) is 0 Å². The molecule has 3 aliphatic heterocycles. The van der Waals surface area contributed by atoms with Crippen LogP contribution in [0.25, 0.3) is 0 Å². The van der Waals surface area contributed by atoms with Crippen LogP contribution in [0.5, 0.6) is 0 Å². The van der Waals surface area contributed by atoms with Gasteiger partial charge in [0, 0.05) is 0 Å². The van der Waals surface area contributed by atoms with Gasteiger partial charge in [-0.3, -0.25) is 9.09 Å². The van der Waals surface area contributed by atoms with Crippen molar-refractivity contribution in [2.24, 2.45) is 0 Å². The normalized spacial score (nSPS) is 50.0. The smallest absolute Gasteiger partial charge is 0.270 e. The van der Waals surface area contributed by atoms with Crippen molar-refractivity contribution in [3.63, 3.8) is 0 Å². The number of hydrogen-bond donors (Lipinski definition) is 10. The molecule has 0 aromatic carbocycles. The van der Waals surface area contributed by atoms with Crippen LogP contribution in [-0.4, -0.2) is 157 Å². The molecule has 0 aromatic heterocycles. The Morgan fingerprint density at radius 2 is 1.42 bits per heavy atom. The van der Waals surface area contributed by atoms with Crippen molar-refractivity contribution in [3.05, 3.63) is 0 Å². The molecular formula is C17H30O18P-. The fourth-order valence-corrected chi connectivity index (χ4v) is 4.57. The Kier molecular flexibility index (Phi) is 10.2. The van der Waals surface area contributed by atoms with Crippen molar-refractivity contribution in [2.75, 3.05) is 19.8 Å².